The van der Waals surface area contributed by atoms with E-state index >= 15 is 0 Å². The minimum Gasteiger partial charge on any atom is -0.382 e. The first-order chi connectivity index (χ1) is 8.78. The van der Waals surface area contributed by atoms with Gasteiger partial charge < -0.3 is 11.1 Å². The molecule has 2 rings (SSSR count). The molecule has 0 aliphatic heterocycles. The van der Waals surface area contributed by atoms with Crippen molar-refractivity contribution in [2.45, 2.75) is 39.7 Å². The summed E-state index contributed by atoms with van der Waals surface area (Å²) in [7, 11) is 0. The molecule has 1 saturated carbocycles. The molecule has 104 valence electrons. The molecule has 19 heavy (non-hydrogen) atoms. The van der Waals surface area contributed by atoms with Crippen LogP contribution in [-0.4, -0.2) is 11.9 Å². The van der Waals surface area contributed by atoms with Gasteiger partial charge in [-0.25, -0.2) is 0 Å². The van der Waals surface area contributed by atoms with Crippen molar-refractivity contribution in [3.05, 3.63) is 28.8 Å². The Morgan fingerprint density at radius 2 is 2.11 bits per heavy atom. The highest BCUT2D eigenvalue weighted by atomic mass is 35.5. The number of primary amides is 1. The van der Waals surface area contributed by atoms with Crippen LogP contribution in [0.5, 0.6) is 0 Å². The average molecular weight is 281 g/mol. The maximum absolute atomic E-state index is 11.3. The minimum atomic E-state index is -0.492. The van der Waals surface area contributed by atoms with Crippen LogP contribution >= 0.6 is 11.6 Å². The fourth-order valence-corrected chi connectivity index (χ4v) is 3.32. The highest BCUT2D eigenvalue weighted by Crippen LogP contribution is 2.42. The van der Waals surface area contributed by atoms with Crippen LogP contribution in [0.15, 0.2) is 18.2 Å². The maximum Gasteiger partial charge on any atom is 0.250 e. The molecule has 0 saturated heterocycles. The Hall–Kier alpha value is -1.22. The molecule has 0 radical (unpaired) electrons. The zero-order valence-electron chi connectivity index (χ0n) is 11.7. The first kappa shape index (κ1) is 14.2. The molecule has 2 unspecified atom stereocenters. The molecule has 4 heteroatoms. The number of nitrogens with two attached hydrogens (primary N) is 1. The van der Waals surface area contributed by atoms with E-state index in [1.807, 2.05) is 6.07 Å². The molecule has 1 aliphatic rings. The lowest BCUT2D eigenvalue weighted by atomic mass is 9.91. The zero-order valence-corrected chi connectivity index (χ0v) is 12.4. The molecule has 1 amide bonds. The van der Waals surface area contributed by atoms with Crippen LogP contribution in [0.2, 0.25) is 5.02 Å². The Morgan fingerprint density at radius 3 is 2.63 bits per heavy atom. The van der Waals surface area contributed by atoms with Crippen molar-refractivity contribution in [2.24, 2.45) is 17.1 Å². The van der Waals surface area contributed by atoms with E-state index in [1.54, 1.807) is 12.1 Å². The van der Waals surface area contributed by atoms with Gasteiger partial charge >= 0.3 is 0 Å². The normalized spacial score (nSPS) is 25.3. The van der Waals surface area contributed by atoms with Crippen LogP contribution in [0.4, 0.5) is 5.69 Å². The van der Waals surface area contributed by atoms with Crippen molar-refractivity contribution in [2.75, 3.05) is 5.32 Å². The van der Waals surface area contributed by atoms with Gasteiger partial charge in [0, 0.05) is 11.7 Å². The molecular formula is C15H21ClN2O. The summed E-state index contributed by atoms with van der Waals surface area (Å²) < 4.78 is 0. The van der Waals surface area contributed by atoms with Gasteiger partial charge in [-0.1, -0.05) is 32.4 Å². The molecule has 1 aromatic rings. The lowest BCUT2D eigenvalue weighted by Gasteiger charge is -2.20. The number of carbonyl (C=O) groups is 1. The van der Waals surface area contributed by atoms with Gasteiger partial charge in [0.2, 0.25) is 5.91 Å². The van der Waals surface area contributed by atoms with Crippen molar-refractivity contribution in [3.63, 3.8) is 0 Å². The number of benzene rings is 1. The number of halogens is 1. The van der Waals surface area contributed by atoms with Gasteiger partial charge in [-0.3, -0.25) is 4.79 Å². The van der Waals surface area contributed by atoms with Gasteiger partial charge in [-0.2, -0.15) is 0 Å². The maximum atomic E-state index is 11.3. The average Bonchev–Trinajstić information content (AvgIpc) is 2.54. The molecule has 0 bridgehead atoms. The van der Waals surface area contributed by atoms with E-state index < -0.39 is 5.91 Å². The third-order valence-electron chi connectivity index (χ3n) is 3.92. The summed E-state index contributed by atoms with van der Waals surface area (Å²) in [6.45, 7) is 6.85. The monoisotopic (exact) mass is 280 g/mol. The van der Waals surface area contributed by atoms with Crippen molar-refractivity contribution in [1.29, 1.82) is 0 Å². The lowest BCUT2D eigenvalue weighted by molar-refractivity contribution is 0.100. The number of hydrogen-bond acceptors (Lipinski definition) is 2. The minimum absolute atomic E-state index is 0.371. The van der Waals surface area contributed by atoms with Crippen molar-refractivity contribution < 1.29 is 4.79 Å². The van der Waals surface area contributed by atoms with Crippen LogP contribution in [0.1, 0.15) is 44.0 Å². The fourth-order valence-electron chi connectivity index (χ4n) is 3.10. The molecule has 1 aliphatic carbocycles. The van der Waals surface area contributed by atoms with E-state index in [0.29, 0.717) is 28.0 Å². The van der Waals surface area contributed by atoms with Crippen LogP contribution in [0, 0.1) is 11.3 Å². The summed E-state index contributed by atoms with van der Waals surface area (Å²) in [6, 6.07) is 5.78. The second-order valence-corrected chi connectivity index (χ2v) is 6.77. The summed E-state index contributed by atoms with van der Waals surface area (Å²) in [4.78, 5) is 11.3. The number of anilines is 1. The summed E-state index contributed by atoms with van der Waals surface area (Å²) in [5.74, 6) is 0.121. The predicted molar refractivity (Wildman–Crippen MR) is 79.6 cm³/mol. The first-order valence-electron chi connectivity index (χ1n) is 6.64. The summed E-state index contributed by atoms with van der Waals surface area (Å²) in [5.41, 5.74) is 6.96. The van der Waals surface area contributed by atoms with E-state index in [-0.39, 0.29) is 0 Å². The van der Waals surface area contributed by atoms with E-state index in [1.165, 1.54) is 6.42 Å². The fraction of sp³-hybridized carbons (Fsp3) is 0.533. The van der Waals surface area contributed by atoms with Gasteiger partial charge in [-0.15, -0.1) is 0 Å². The third kappa shape index (κ3) is 3.21. The highest BCUT2D eigenvalue weighted by Gasteiger charge is 2.36. The van der Waals surface area contributed by atoms with E-state index in [0.717, 1.165) is 12.1 Å². The van der Waals surface area contributed by atoms with E-state index in [9.17, 15) is 4.79 Å². The van der Waals surface area contributed by atoms with Crippen LogP contribution < -0.4 is 11.1 Å². The molecule has 3 nitrogen and oxygen atoms in total. The topological polar surface area (TPSA) is 55.1 Å². The zero-order chi connectivity index (χ0) is 14.2. The Balaban J connectivity index is 2.16. The van der Waals surface area contributed by atoms with Gasteiger partial charge in [0.15, 0.2) is 0 Å². The van der Waals surface area contributed by atoms with E-state index in [4.69, 9.17) is 17.3 Å². The SMILES string of the molecule is CC1CC(C)(C)CC1Nc1ccc(Cl)c(C(N)=O)c1. The number of carbonyl (C=O) groups excluding carboxylic acids is 1. The first-order valence-corrected chi connectivity index (χ1v) is 7.02. The van der Waals surface area contributed by atoms with Gasteiger partial charge in [-0.05, 0) is 42.4 Å². The molecule has 3 N–H and O–H groups in total. The lowest BCUT2D eigenvalue weighted by Crippen LogP contribution is -2.23. The number of nitrogens with one attached hydrogen (secondary N) is 1. The standard InChI is InChI=1S/C15H21ClN2O/c1-9-7-15(2,3)8-13(9)18-10-4-5-12(16)11(6-10)14(17)19/h4-6,9,13,18H,7-8H2,1-3H3,(H2,17,19). The molecular weight excluding hydrogens is 260 g/mol. The van der Waals surface area contributed by atoms with Crippen molar-refractivity contribution >= 4 is 23.2 Å². The van der Waals surface area contributed by atoms with Crippen molar-refractivity contribution in [3.8, 4) is 0 Å². The molecule has 0 aromatic heterocycles. The highest BCUT2D eigenvalue weighted by molar-refractivity contribution is 6.33. The predicted octanol–water partition coefficient (Wildman–Crippen LogP) is 3.68. The van der Waals surface area contributed by atoms with Crippen LogP contribution in [0.3, 0.4) is 0 Å². The molecule has 0 heterocycles. The summed E-state index contributed by atoms with van der Waals surface area (Å²) in [5, 5.41) is 3.90. The summed E-state index contributed by atoms with van der Waals surface area (Å²) >= 11 is 5.95. The largest absolute Gasteiger partial charge is 0.382 e. The van der Waals surface area contributed by atoms with Crippen LogP contribution in [0.25, 0.3) is 0 Å². The smallest absolute Gasteiger partial charge is 0.250 e. The number of amides is 1. The third-order valence-corrected chi connectivity index (χ3v) is 4.25. The second kappa shape index (κ2) is 5.04. The number of hydrogen-bond donors (Lipinski definition) is 2. The molecule has 1 aromatic carbocycles. The molecule has 0 spiro atoms. The van der Waals surface area contributed by atoms with E-state index in [2.05, 4.69) is 26.1 Å². The number of rotatable bonds is 3. The van der Waals surface area contributed by atoms with Crippen molar-refractivity contribution in [1.82, 2.24) is 0 Å². The Morgan fingerprint density at radius 1 is 1.42 bits per heavy atom. The quantitative estimate of drug-likeness (QED) is 0.887. The van der Waals surface area contributed by atoms with Gasteiger partial charge in [0.25, 0.3) is 0 Å². The Bertz CT molecular complexity index is 499. The van der Waals surface area contributed by atoms with Crippen LogP contribution in [-0.2, 0) is 0 Å². The van der Waals surface area contributed by atoms with Gasteiger partial charge in [0.1, 0.15) is 0 Å². The Kier molecular flexibility index (Phi) is 3.77. The molecule has 2 atom stereocenters. The van der Waals surface area contributed by atoms with Gasteiger partial charge in [0.05, 0.1) is 10.6 Å². The summed E-state index contributed by atoms with van der Waals surface area (Å²) in [6.07, 6.45) is 2.34. The Labute approximate surface area is 119 Å². The molecule has 1 fully saturated rings. The second-order valence-electron chi connectivity index (χ2n) is 6.36.